The molecule has 0 atom stereocenters. The van der Waals surface area contributed by atoms with Crippen molar-refractivity contribution in [1.82, 2.24) is 9.62 Å². The van der Waals surface area contributed by atoms with Gasteiger partial charge in [0.2, 0.25) is 10.0 Å². The van der Waals surface area contributed by atoms with Crippen molar-refractivity contribution in [2.24, 2.45) is 0 Å². The van der Waals surface area contributed by atoms with Crippen LogP contribution in [0.15, 0.2) is 48.5 Å². The first-order chi connectivity index (χ1) is 15.0. The Balaban J connectivity index is 1.31. The summed E-state index contributed by atoms with van der Waals surface area (Å²) in [7, 11) is -3.38. The van der Waals surface area contributed by atoms with Crippen LogP contribution in [0.4, 0.5) is 10.1 Å². The zero-order chi connectivity index (χ0) is 21.9. The van der Waals surface area contributed by atoms with E-state index in [1.54, 1.807) is 12.1 Å². The maximum absolute atomic E-state index is 12.9. The van der Waals surface area contributed by atoms with Crippen LogP contribution in [-0.2, 0) is 16.6 Å². The Hall–Kier alpha value is -2.16. The number of hydrogen-bond donors (Lipinski definition) is 2. The largest absolute Gasteiger partial charge is 0.494 e. The molecule has 0 saturated carbocycles. The quantitative estimate of drug-likeness (QED) is 0.485. The second-order valence-corrected chi connectivity index (χ2v) is 9.76. The summed E-state index contributed by atoms with van der Waals surface area (Å²) >= 11 is 0. The second-order valence-electron chi connectivity index (χ2n) is 7.83. The van der Waals surface area contributed by atoms with Gasteiger partial charge in [-0.1, -0.05) is 18.6 Å². The van der Waals surface area contributed by atoms with Gasteiger partial charge in [0.25, 0.3) is 0 Å². The van der Waals surface area contributed by atoms with Gasteiger partial charge >= 0.3 is 0 Å². The summed E-state index contributed by atoms with van der Waals surface area (Å²) in [6.45, 7) is 4.29. The van der Waals surface area contributed by atoms with E-state index in [1.807, 2.05) is 12.1 Å². The van der Waals surface area contributed by atoms with Gasteiger partial charge in [-0.25, -0.2) is 17.5 Å². The average Bonchev–Trinajstić information content (AvgIpc) is 2.76. The van der Waals surface area contributed by atoms with E-state index in [0.29, 0.717) is 25.3 Å². The third kappa shape index (κ3) is 8.85. The lowest BCUT2D eigenvalue weighted by molar-refractivity contribution is 0.220. The number of likely N-dealkylation sites (tertiary alicyclic amines) is 1. The Bertz CT molecular complexity index is 901. The Morgan fingerprint density at radius 2 is 1.77 bits per heavy atom. The maximum Gasteiger partial charge on any atom is 0.213 e. The van der Waals surface area contributed by atoms with Gasteiger partial charge < -0.3 is 10.1 Å². The van der Waals surface area contributed by atoms with Crippen molar-refractivity contribution in [2.75, 3.05) is 43.9 Å². The fourth-order valence-corrected chi connectivity index (χ4v) is 4.54. The lowest BCUT2D eigenvalue weighted by Gasteiger charge is -2.26. The Kier molecular flexibility index (Phi) is 9.12. The molecule has 1 heterocycles. The average molecular weight is 450 g/mol. The highest BCUT2D eigenvalue weighted by Crippen LogP contribution is 2.17. The van der Waals surface area contributed by atoms with E-state index < -0.39 is 10.0 Å². The smallest absolute Gasteiger partial charge is 0.213 e. The molecule has 1 fully saturated rings. The molecule has 170 valence electrons. The number of piperidine rings is 1. The molecule has 1 aliphatic rings. The minimum atomic E-state index is -3.38. The minimum Gasteiger partial charge on any atom is -0.494 e. The van der Waals surface area contributed by atoms with Gasteiger partial charge in [-0.05, 0) is 74.3 Å². The predicted octanol–water partition coefficient (Wildman–Crippen LogP) is 3.61. The van der Waals surface area contributed by atoms with Crippen molar-refractivity contribution >= 4 is 15.7 Å². The Morgan fingerprint density at radius 1 is 1.00 bits per heavy atom. The molecule has 2 N–H and O–H groups in total. The molecule has 0 spiro atoms. The number of sulfonamides is 1. The summed E-state index contributed by atoms with van der Waals surface area (Å²) in [5.41, 5.74) is 1.93. The fraction of sp³-hybridized carbons (Fsp3) is 0.478. The fourth-order valence-electron chi connectivity index (χ4n) is 3.57. The molecule has 1 aliphatic heterocycles. The van der Waals surface area contributed by atoms with Crippen molar-refractivity contribution in [3.63, 3.8) is 0 Å². The van der Waals surface area contributed by atoms with Crippen LogP contribution in [0.5, 0.6) is 5.75 Å². The molecule has 2 aromatic rings. The monoisotopic (exact) mass is 449 g/mol. The number of benzene rings is 2. The van der Waals surface area contributed by atoms with Crippen LogP contribution in [0.25, 0.3) is 0 Å². The van der Waals surface area contributed by atoms with Gasteiger partial charge in [0.15, 0.2) is 0 Å². The van der Waals surface area contributed by atoms with Gasteiger partial charge in [0.1, 0.15) is 11.6 Å². The van der Waals surface area contributed by atoms with Crippen LogP contribution in [0.3, 0.4) is 0 Å². The summed E-state index contributed by atoms with van der Waals surface area (Å²) in [5, 5.41) is 2.97. The van der Waals surface area contributed by atoms with Gasteiger partial charge in [0.05, 0.1) is 12.4 Å². The topological polar surface area (TPSA) is 70.7 Å². The Morgan fingerprint density at radius 3 is 2.55 bits per heavy atom. The molecule has 2 aromatic carbocycles. The number of anilines is 1. The van der Waals surface area contributed by atoms with Crippen molar-refractivity contribution in [1.29, 1.82) is 0 Å². The molecule has 0 amide bonds. The summed E-state index contributed by atoms with van der Waals surface area (Å²) in [4.78, 5) is 2.47. The molecule has 3 rings (SSSR count). The maximum atomic E-state index is 12.9. The zero-order valence-electron chi connectivity index (χ0n) is 17.9. The van der Waals surface area contributed by atoms with Crippen LogP contribution in [0.1, 0.15) is 31.2 Å². The van der Waals surface area contributed by atoms with Crippen molar-refractivity contribution in [3.8, 4) is 5.75 Å². The highest BCUT2D eigenvalue weighted by Gasteiger charge is 2.11. The lowest BCUT2D eigenvalue weighted by atomic mass is 10.1. The van der Waals surface area contributed by atoms with Gasteiger partial charge in [0, 0.05) is 25.3 Å². The van der Waals surface area contributed by atoms with E-state index in [0.717, 1.165) is 25.4 Å². The van der Waals surface area contributed by atoms with Crippen molar-refractivity contribution in [2.45, 2.75) is 32.2 Å². The molecule has 6 nitrogen and oxygen atoms in total. The van der Waals surface area contributed by atoms with Gasteiger partial charge in [-0.15, -0.1) is 0 Å². The molecule has 0 radical (unpaired) electrons. The molecular formula is C23H32FN3O3S. The first-order valence-electron chi connectivity index (χ1n) is 10.9. The summed E-state index contributed by atoms with van der Waals surface area (Å²) in [6, 6.07) is 13.9. The molecular weight excluding hydrogens is 417 g/mol. The van der Waals surface area contributed by atoms with Crippen LogP contribution in [0, 0.1) is 5.82 Å². The highest BCUT2D eigenvalue weighted by atomic mass is 32.2. The third-order valence-corrected chi connectivity index (χ3v) is 6.59. The van der Waals surface area contributed by atoms with E-state index in [1.165, 1.54) is 37.0 Å². The number of hydrogen-bond acceptors (Lipinski definition) is 5. The first-order valence-corrected chi connectivity index (χ1v) is 12.6. The predicted molar refractivity (Wildman–Crippen MR) is 122 cm³/mol. The number of ether oxygens (including phenoxy) is 1. The molecule has 31 heavy (non-hydrogen) atoms. The van der Waals surface area contributed by atoms with E-state index in [9.17, 15) is 12.8 Å². The summed E-state index contributed by atoms with van der Waals surface area (Å²) < 4.78 is 45.4. The molecule has 0 unspecified atom stereocenters. The van der Waals surface area contributed by atoms with E-state index in [-0.39, 0.29) is 18.1 Å². The molecule has 1 saturated heterocycles. The molecule has 0 aromatic heterocycles. The Labute approximate surface area is 184 Å². The van der Waals surface area contributed by atoms with Crippen molar-refractivity contribution in [3.05, 3.63) is 59.9 Å². The van der Waals surface area contributed by atoms with Crippen LogP contribution in [-0.4, -0.2) is 51.9 Å². The number of rotatable bonds is 12. The molecule has 0 aliphatic carbocycles. The number of nitrogens with zero attached hydrogens (tertiary/aromatic N) is 1. The van der Waals surface area contributed by atoms with Crippen molar-refractivity contribution < 1.29 is 17.5 Å². The van der Waals surface area contributed by atoms with Crippen LogP contribution >= 0.6 is 0 Å². The summed E-state index contributed by atoms with van der Waals surface area (Å²) in [6.07, 6.45) is 4.46. The van der Waals surface area contributed by atoms with Gasteiger partial charge in [-0.2, -0.15) is 0 Å². The van der Waals surface area contributed by atoms with Gasteiger partial charge in [-0.3, -0.25) is 4.90 Å². The van der Waals surface area contributed by atoms with E-state index in [2.05, 4.69) is 27.1 Å². The number of halogens is 1. The SMILES string of the molecule is O=S(=O)(CCNc1ccc(F)cc1)NCCCOc1cccc(CN2CCCCC2)c1. The zero-order valence-corrected chi connectivity index (χ0v) is 18.7. The van der Waals surface area contributed by atoms with E-state index >= 15 is 0 Å². The van der Waals surface area contributed by atoms with Crippen LogP contribution in [0.2, 0.25) is 0 Å². The van der Waals surface area contributed by atoms with Crippen LogP contribution < -0.4 is 14.8 Å². The molecule has 8 heteroatoms. The minimum absolute atomic E-state index is 0.0518. The second kappa shape index (κ2) is 12.0. The normalized spacial score (nSPS) is 15.0. The summed E-state index contributed by atoms with van der Waals surface area (Å²) in [5.74, 6) is 0.445. The highest BCUT2D eigenvalue weighted by molar-refractivity contribution is 7.89. The lowest BCUT2D eigenvalue weighted by Crippen LogP contribution is -2.31. The third-order valence-electron chi connectivity index (χ3n) is 5.21. The first kappa shape index (κ1) is 23.5. The van der Waals surface area contributed by atoms with E-state index in [4.69, 9.17) is 4.74 Å². The number of nitrogens with one attached hydrogen (secondary N) is 2. The molecule has 0 bridgehead atoms. The standard InChI is InChI=1S/C23H32FN3O3S/c24-21-8-10-22(11-9-21)25-13-17-31(28,29)26-12-5-16-30-23-7-4-6-20(18-23)19-27-14-2-1-3-15-27/h4,6-11,18,25-26H,1-3,5,12-17,19H2.